The topological polar surface area (TPSA) is 49.8 Å². The number of quaternary nitrogens is 1. The molecule has 3 heterocycles. The Morgan fingerprint density at radius 1 is 1.03 bits per heavy atom. The third kappa shape index (κ3) is 4.46. The zero-order chi connectivity index (χ0) is 20.1. The van der Waals surface area contributed by atoms with Crippen LogP contribution in [0.2, 0.25) is 0 Å². The molecule has 0 aliphatic carbocycles. The lowest BCUT2D eigenvalue weighted by Gasteiger charge is -2.53. The van der Waals surface area contributed by atoms with Crippen LogP contribution in [0, 0.1) is 5.92 Å². The van der Waals surface area contributed by atoms with Gasteiger partial charge in [0, 0.05) is 38.0 Å². The molecule has 3 aliphatic heterocycles. The van der Waals surface area contributed by atoms with Crippen LogP contribution in [0.25, 0.3) is 0 Å². The fourth-order valence-electron chi connectivity index (χ4n) is 4.90. The third-order valence-electron chi connectivity index (χ3n) is 6.58. The van der Waals surface area contributed by atoms with E-state index in [1.807, 2.05) is 60.7 Å². The molecular weight excluding hydrogens is 364 g/mol. The molecule has 1 N–H and O–H groups in total. The molecule has 1 amide bonds. The minimum Gasteiger partial charge on any atom is -0.396 e. The van der Waals surface area contributed by atoms with Crippen molar-refractivity contribution < 1.29 is 19.1 Å². The maximum absolute atomic E-state index is 13.4. The molecule has 0 saturated carbocycles. The van der Waals surface area contributed by atoms with Gasteiger partial charge in [-0.1, -0.05) is 48.5 Å². The average Bonchev–Trinajstić information content (AvgIpc) is 2.78. The Balaban J connectivity index is 1.54. The summed E-state index contributed by atoms with van der Waals surface area (Å²) in [6.45, 7) is 3.65. The van der Waals surface area contributed by atoms with Crippen LogP contribution in [0.1, 0.15) is 31.2 Å². The second-order valence-corrected chi connectivity index (χ2v) is 8.39. The number of anilines is 1. The highest BCUT2D eigenvalue weighted by molar-refractivity contribution is 5.87. The number of nitrogens with zero attached hydrogens (tertiary/aromatic N) is 2. The summed E-state index contributed by atoms with van der Waals surface area (Å²) in [5.74, 6) is 0.654. The highest BCUT2D eigenvalue weighted by Gasteiger charge is 2.49. The lowest BCUT2D eigenvalue weighted by molar-refractivity contribution is -0.984. The number of aliphatic hydroxyl groups is 1. The third-order valence-corrected chi connectivity index (χ3v) is 6.58. The van der Waals surface area contributed by atoms with E-state index in [-0.39, 0.29) is 18.9 Å². The Morgan fingerprint density at radius 3 is 2.34 bits per heavy atom. The summed E-state index contributed by atoms with van der Waals surface area (Å²) in [4.78, 5) is 15.1. The van der Waals surface area contributed by atoms with E-state index in [9.17, 15) is 9.90 Å². The predicted octanol–water partition coefficient (Wildman–Crippen LogP) is 4.17. The molecular formula is C24H31N2O3+. The first kappa shape index (κ1) is 19.9. The van der Waals surface area contributed by atoms with E-state index in [2.05, 4.69) is 0 Å². The maximum Gasteiger partial charge on any atom is 0.419 e. The molecule has 2 aromatic rings. The van der Waals surface area contributed by atoms with Crippen LogP contribution in [0.5, 0.6) is 0 Å². The van der Waals surface area contributed by atoms with Crippen LogP contribution in [0.3, 0.4) is 0 Å². The molecule has 5 heteroatoms. The van der Waals surface area contributed by atoms with E-state index >= 15 is 0 Å². The van der Waals surface area contributed by atoms with Gasteiger partial charge in [0.15, 0.2) is 0 Å². The van der Waals surface area contributed by atoms with E-state index in [4.69, 9.17) is 4.74 Å². The quantitative estimate of drug-likeness (QED) is 0.716. The van der Waals surface area contributed by atoms with E-state index in [0.29, 0.717) is 12.5 Å². The average molecular weight is 396 g/mol. The number of benzene rings is 2. The molecule has 0 spiro atoms. The van der Waals surface area contributed by atoms with Crippen molar-refractivity contribution in [3.8, 4) is 0 Å². The van der Waals surface area contributed by atoms with Crippen molar-refractivity contribution >= 4 is 11.8 Å². The first-order chi connectivity index (χ1) is 14.2. The molecule has 0 aromatic heterocycles. The summed E-state index contributed by atoms with van der Waals surface area (Å²) >= 11 is 0. The van der Waals surface area contributed by atoms with Crippen LogP contribution >= 0.6 is 0 Å². The van der Waals surface area contributed by atoms with Gasteiger partial charge in [0.2, 0.25) is 6.23 Å². The number of hydrogen-bond donors (Lipinski definition) is 1. The van der Waals surface area contributed by atoms with Crippen LogP contribution < -0.4 is 4.90 Å². The molecule has 29 heavy (non-hydrogen) atoms. The lowest BCUT2D eigenvalue weighted by Crippen LogP contribution is -2.66. The van der Waals surface area contributed by atoms with E-state index in [1.165, 1.54) is 12.8 Å². The minimum atomic E-state index is -0.279. The minimum absolute atomic E-state index is 0.108. The van der Waals surface area contributed by atoms with Gasteiger partial charge in [0.05, 0.1) is 26.2 Å². The van der Waals surface area contributed by atoms with Crippen molar-refractivity contribution in [2.24, 2.45) is 5.92 Å². The van der Waals surface area contributed by atoms with Crippen molar-refractivity contribution in [3.05, 3.63) is 66.2 Å². The molecule has 2 bridgehead atoms. The van der Waals surface area contributed by atoms with E-state index in [0.717, 1.165) is 48.2 Å². The molecule has 5 rings (SSSR count). The van der Waals surface area contributed by atoms with Crippen molar-refractivity contribution in [2.45, 2.75) is 38.5 Å². The molecule has 5 nitrogen and oxygen atoms in total. The first-order valence-corrected chi connectivity index (χ1v) is 10.7. The van der Waals surface area contributed by atoms with Crippen LogP contribution in [-0.2, 0) is 11.3 Å². The molecule has 1 atom stereocenters. The molecule has 0 radical (unpaired) electrons. The first-order valence-electron chi connectivity index (χ1n) is 10.7. The smallest absolute Gasteiger partial charge is 0.396 e. The predicted molar refractivity (Wildman–Crippen MR) is 113 cm³/mol. The molecule has 3 fully saturated rings. The summed E-state index contributed by atoms with van der Waals surface area (Å²) in [5.41, 5.74) is 1.92. The van der Waals surface area contributed by atoms with Crippen molar-refractivity contribution in [1.29, 1.82) is 0 Å². The molecule has 0 unspecified atom stereocenters. The standard InChI is InChI=1S/C24H31N2O3/c27-17-7-14-26-15-12-20(13-16-26)18-23(26)29-24(28)25(22-10-5-2-6-11-22)19-21-8-3-1-4-9-21/h1-6,8-11,20,23,27H,7,12-19H2/q+1/t20?,23-,26?/m1/s1. The number of amides is 1. The zero-order valence-corrected chi connectivity index (χ0v) is 17.0. The van der Waals surface area contributed by atoms with Crippen LogP contribution in [-0.4, -0.2) is 48.2 Å². The number of ether oxygens (including phenoxy) is 1. The summed E-state index contributed by atoms with van der Waals surface area (Å²) in [6, 6.07) is 19.8. The van der Waals surface area contributed by atoms with Gasteiger partial charge in [0.1, 0.15) is 0 Å². The Kier molecular flexibility index (Phi) is 6.16. The SMILES string of the molecule is O=C(O[C@@H]1CC2CC[N+]1(CCCO)CC2)N(Cc1ccccc1)c1ccccc1. The number of carbonyl (C=O) groups excluding carboxylic acids is 1. The van der Waals surface area contributed by atoms with Crippen LogP contribution in [0.4, 0.5) is 10.5 Å². The van der Waals surface area contributed by atoms with Crippen molar-refractivity contribution in [3.63, 3.8) is 0 Å². The summed E-state index contributed by atoms with van der Waals surface area (Å²) in [5, 5.41) is 9.36. The van der Waals surface area contributed by atoms with Crippen LogP contribution in [0.15, 0.2) is 60.7 Å². The second-order valence-electron chi connectivity index (χ2n) is 8.39. The Hall–Kier alpha value is -2.37. The van der Waals surface area contributed by atoms with E-state index < -0.39 is 0 Å². The number of para-hydroxylation sites is 1. The molecule has 3 saturated heterocycles. The Morgan fingerprint density at radius 2 is 1.69 bits per heavy atom. The van der Waals surface area contributed by atoms with Gasteiger partial charge >= 0.3 is 6.09 Å². The number of hydrogen-bond acceptors (Lipinski definition) is 3. The van der Waals surface area contributed by atoms with E-state index in [1.54, 1.807) is 4.90 Å². The number of piperidine rings is 3. The normalized spacial score (nSPS) is 25.6. The molecule has 154 valence electrons. The highest BCUT2D eigenvalue weighted by Crippen LogP contribution is 2.39. The van der Waals surface area contributed by atoms with Gasteiger partial charge in [-0.2, -0.15) is 0 Å². The Bertz CT molecular complexity index is 788. The fraction of sp³-hybridized carbons (Fsp3) is 0.458. The highest BCUT2D eigenvalue weighted by atomic mass is 16.6. The van der Waals surface area contributed by atoms with Crippen molar-refractivity contribution in [2.75, 3.05) is 31.1 Å². The summed E-state index contributed by atoms with van der Waals surface area (Å²) in [6.07, 6.45) is 3.70. The monoisotopic (exact) mass is 395 g/mol. The van der Waals surface area contributed by atoms with Gasteiger partial charge in [-0.15, -0.1) is 0 Å². The van der Waals surface area contributed by atoms with Crippen molar-refractivity contribution in [1.82, 2.24) is 0 Å². The maximum atomic E-state index is 13.4. The number of aliphatic hydroxyl groups excluding tert-OH is 1. The second kappa shape index (κ2) is 8.97. The Labute approximate surface area is 173 Å². The summed E-state index contributed by atoms with van der Waals surface area (Å²) in [7, 11) is 0. The van der Waals surface area contributed by atoms with Gasteiger partial charge < -0.3 is 9.84 Å². The van der Waals surface area contributed by atoms with Gasteiger partial charge in [-0.3, -0.25) is 9.38 Å². The lowest BCUT2D eigenvalue weighted by atomic mass is 9.84. The zero-order valence-electron chi connectivity index (χ0n) is 17.0. The van der Waals surface area contributed by atoms with Gasteiger partial charge in [-0.25, -0.2) is 4.79 Å². The van der Waals surface area contributed by atoms with Gasteiger partial charge in [0.25, 0.3) is 0 Å². The number of carbonyl (C=O) groups is 1. The number of fused-ring (bicyclic) bond motifs is 3. The summed E-state index contributed by atoms with van der Waals surface area (Å²) < 4.78 is 7.01. The molecule has 3 aliphatic rings. The number of rotatable bonds is 7. The molecule has 2 aromatic carbocycles. The fourth-order valence-corrected chi connectivity index (χ4v) is 4.90. The van der Waals surface area contributed by atoms with Gasteiger partial charge in [-0.05, 0) is 23.6 Å². The largest absolute Gasteiger partial charge is 0.419 e.